The molecular formula is C13H14N4O3S. The minimum atomic E-state index is 0.379. The van der Waals surface area contributed by atoms with Crippen molar-refractivity contribution in [2.24, 2.45) is 0 Å². The molecule has 21 heavy (non-hydrogen) atoms. The average Bonchev–Trinajstić information content (AvgIpc) is 3.08. The predicted molar refractivity (Wildman–Crippen MR) is 76.7 cm³/mol. The molecule has 3 aromatic rings. The van der Waals surface area contributed by atoms with E-state index in [1.54, 1.807) is 18.7 Å². The molecule has 0 saturated heterocycles. The van der Waals surface area contributed by atoms with Crippen molar-refractivity contribution in [3.05, 3.63) is 35.1 Å². The number of nitrogens with zero attached hydrogens (tertiary/aromatic N) is 4. The van der Waals surface area contributed by atoms with Crippen LogP contribution in [0, 0.1) is 0 Å². The SMILES string of the molecule is COCc1nnc2sc(COc3ccc(OC)cc3)nn12. The molecule has 0 saturated carbocycles. The average molecular weight is 306 g/mol. The van der Waals surface area contributed by atoms with E-state index >= 15 is 0 Å². The number of methoxy groups -OCH3 is 2. The van der Waals surface area contributed by atoms with Crippen molar-refractivity contribution in [1.29, 1.82) is 0 Å². The largest absolute Gasteiger partial charge is 0.497 e. The number of aromatic nitrogens is 4. The molecule has 110 valence electrons. The Morgan fingerprint density at radius 3 is 2.52 bits per heavy atom. The van der Waals surface area contributed by atoms with Crippen molar-refractivity contribution in [1.82, 2.24) is 19.8 Å². The molecule has 0 amide bonds. The van der Waals surface area contributed by atoms with Crippen LogP contribution in [0.15, 0.2) is 24.3 Å². The van der Waals surface area contributed by atoms with E-state index in [1.807, 2.05) is 24.3 Å². The van der Waals surface area contributed by atoms with Crippen LogP contribution in [0.25, 0.3) is 4.96 Å². The second-order valence-corrected chi connectivity index (χ2v) is 5.24. The summed E-state index contributed by atoms with van der Waals surface area (Å²) >= 11 is 1.44. The predicted octanol–water partition coefficient (Wildman–Crippen LogP) is 1.92. The maximum Gasteiger partial charge on any atom is 0.234 e. The van der Waals surface area contributed by atoms with Crippen molar-refractivity contribution < 1.29 is 14.2 Å². The van der Waals surface area contributed by atoms with Crippen LogP contribution in [0.1, 0.15) is 10.8 Å². The van der Waals surface area contributed by atoms with Gasteiger partial charge in [-0.2, -0.15) is 9.61 Å². The number of hydrogen-bond donors (Lipinski definition) is 0. The molecule has 0 unspecified atom stereocenters. The lowest BCUT2D eigenvalue weighted by atomic mass is 10.3. The molecule has 0 aliphatic heterocycles. The summed E-state index contributed by atoms with van der Waals surface area (Å²) in [7, 11) is 3.24. The van der Waals surface area contributed by atoms with Gasteiger partial charge in [0, 0.05) is 7.11 Å². The zero-order valence-electron chi connectivity index (χ0n) is 11.6. The Morgan fingerprint density at radius 1 is 1.05 bits per heavy atom. The minimum Gasteiger partial charge on any atom is -0.497 e. The summed E-state index contributed by atoms with van der Waals surface area (Å²) in [6.45, 7) is 0.760. The van der Waals surface area contributed by atoms with Crippen LogP contribution in [0.4, 0.5) is 0 Å². The van der Waals surface area contributed by atoms with Gasteiger partial charge in [0.1, 0.15) is 24.7 Å². The zero-order valence-corrected chi connectivity index (χ0v) is 12.5. The first-order valence-corrected chi connectivity index (χ1v) is 7.07. The highest BCUT2D eigenvalue weighted by Gasteiger charge is 2.11. The van der Waals surface area contributed by atoms with Gasteiger partial charge in [-0.05, 0) is 24.3 Å². The number of hydrogen-bond acceptors (Lipinski definition) is 7. The molecule has 2 heterocycles. The third kappa shape index (κ3) is 2.96. The van der Waals surface area contributed by atoms with E-state index < -0.39 is 0 Å². The molecule has 0 fully saturated rings. The van der Waals surface area contributed by atoms with Crippen molar-refractivity contribution in [2.45, 2.75) is 13.2 Å². The Morgan fingerprint density at radius 2 is 1.81 bits per heavy atom. The summed E-state index contributed by atoms with van der Waals surface area (Å²) in [5, 5.41) is 13.3. The van der Waals surface area contributed by atoms with Crippen molar-refractivity contribution in [2.75, 3.05) is 14.2 Å². The van der Waals surface area contributed by atoms with Gasteiger partial charge in [0.25, 0.3) is 0 Å². The van der Waals surface area contributed by atoms with E-state index in [0.717, 1.165) is 21.5 Å². The number of rotatable bonds is 6. The van der Waals surface area contributed by atoms with Crippen LogP contribution in [-0.2, 0) is 18.0 Å². The van der Waals surface area contributed by atoms with Crippen LogP contribution in [0.3, 0.4) is 0 Å². The van der Waals surface area contributed by atoms with Gasteiger partial charge in [-0.25, -0.2) is 0 Å². The standard InChI is InChI=1S/C13H14N4O3S/c1-18-7-11-14-15-13-17(11)16-12(21-13)8-20-10-5-3-9(19-2)4-6-10/h3-6H,7-8H2,1-2H3. The van der Waals surface area contributed by atoms with Gasteiger partial charge in [0.2, 0.25) is 4.96 Å². The van der Waals surface area contributed by atoms with Crippen LogP contribution in [-0.4, -0.2) is 34.0 Å². The molecule has 0 bridgehead atoms. The van der Waals surface area contributed by atoms with E-state index in [0.29, 0.717) is 19.0 Å². The molecule has 8 heteroatoms. The lowest BCUT2D eigenvalue weighted by Crippen LogP contribution is -2.00. The maximum atomic E-state index is 5.69. The van der Waals surface area contributed by atoms with Crippen LogP contribution < -0.4 is 9.47 Å². The Hall–Kier alpha value is -2.19. The van der Waals surface area contributed by atoms with Crippen molar-refractivity contribution in [3.63, 3.8) is 0 Å². The van der Waals surface area contributed by atoms with Gasteiger partial charge < -0.3 is 14.2 Å². The van der Waals surface area contributed by atoms with Gasteiger partial charge in [0.05, 0.1) is 7.11 Å². The number of fused-ring (bicyclic) bond motifs is 1. The normalized spacial score (nSPS) is 11.0. The molecule has 7 nitrogen and oxygen atoms in total. The summed E-state index contributed by atoms with van der Waals surface area (Å²) in [6.07, 6.45) is 0. The Bertz CT molecular complexity index is 723. The highest BCUT2D eigenvalue weighted by atomic mass is 32.1. The molecule has 0 atom stereocenters. The van der Waals surface area contributed by atoms with E-state index in [2.05, 4.69) is 15.3 Å². The summed E-state index contributed by atoms with van der Waals surface area (Å²) < 4.78 is 17.5. The summed E-state index contributed by atoms with van der Waals surface area (Å²) in [5.74, 6) is 2.24. The first-order chi connectivity index (χ1) is 10.3. The first-order valence-electron chi connectivity index (χ1n) is 6.26. The molecule has 0 radical (unpaired) electrons. The third-order valence-electron chi connectivity index (χ3n) is 2.79. The summed E-state index contributed by atoms with van der Waals surface area (Å²) in [6, 6.07) is 7.42. The van der Waals surface area contributed by atoms with E-state index in [4.69, 9.17) is 14.2 Å². The van der Waals surface area contributed by atoms with Gasteiger partial charge in [-0.1, -0.05) is 11.3 Å². The Kier molecular flexibility index (Phi) is 3.98. The summed E-state index contributed by atoms with van der Waals surface area (Å²) in [5.41, 5.74) is 0. The summed E-state index contributed by atoms with van der Waals surface area (Å²) in [4.78, 5) is 0.732. The van der Waals surface area contributed by atoms with Gasteiger partial charge in [0.15, 0.2) is 10.8 Å². The third-order valence-corrected chi connectivity index (χ3v) is 3.66. The smallest absolute Gasteiger partial charge is 0.234 e. The zero-order chi connectivity index (χ0) is 14.7. The quantitative estimate of drug-likeness (QED) is 0.693. The highest BCUT2D eigenvalue weighted by molar-refractivity contribution is 7.16. The monoisotopic (exact) mass is 306 g/mol. The minimum absolute atomic E-state index is 0.379. The lowest BCUT2D eigenvalue weighted by molar-refractivity contribution is 0.176. The number of benzene rings is 1. The van der Waals surface area contributed by atoms with Crippen molar-refractivity contribution >= 4 is 16.3 Å². The Labute approximate surface area is 125 Å². The van der Waals surface area contributed by atoms with Crippen LogP contribution in [0.5, 0.6) is 11.5 Å². The molecular weight excluding hydrogens is 292 g/mol. The topological polar surface area (TPSA) is 70.8 Å². The van der Waals surface area contributed by atoms with E-state index in [1.165, 1.54) is 11.3 Å². The van der Waals surface area contributed by atoms with Gasteiger partial charge in [-0.15, -0.1) is 10.2 Å². The fraction of sp³-hybridized carbons (Fsp3) is 0.308. The van der Waals surface area contributed by atoms with E-state index in [9.17, 15) is 0 Å². The van der Waals surface area contributed by atoms with Gasteiger partial charge >= 0.3 is 0 Å². The van der Waals surface area contributed by atoms with E-state index in [-0.39, 0.29) is 0 Å². The Balaban J connectivity index is 1.69. The maximum absolute atomic E-state index is 5.69. The van der Waals surface area contributed by atoms with Gasteiger partial charge in [-0.3, -0.25) is 0 Å². The fourth-order valence-corrected chi connectivity index (χ4v) is 2.56. The second kappa shape index (κ2) is 6.06. The molecule has 0 N–H and O–H groups in total. The second-order valence-electron chi connectivity index (χ2n) is 4.20. The molecule has 0 spiro atoms. The van der Waals surface area contributed by atoms with Crippen LogP contribution >= 0.6 is 11.3 Å². The fourth-order valence-electron chi connectivity index (χ4n) is 1.79. The molecule has 2 aromatic heterocycles. The first kappa shape index (κ1) is 13.8. The number of ether oxygens (including phenoxy) is 3. The lowest BCUT2D eigenvalue weighted by Gasteiger charge is -2.04. The highest BCUT2D eigenvalue weighted by Crippen LogP contribution is 2.20. The molecule has 0 aliphatic rings. The van der Waals surface area contributed by atoms with Crippen molar-refractivity contribution in [3.8, 4) is 11.5 Å². The molecule has 0 aliphatic carbocycles. The van der Waals surface area contributed by atoms with Crippen LogP contribution in [0.2, 0.25) is 0 Å². The molecule has 3 rings (SSSR count). The molecule has 1 aromatic carbocycles.